The maximum Gasteiger partial charge on any atom is 0.220 e. The highest BCUT2D eigenvalue weighted by Crippen LogP contribution is 2.26. The van der Waals surface area contributed by atoms with Crippen LogP contribution in [0.15, 0.2) is 54.6 Å². The topological polar surface area (TPSA) is 38.3 Å². The summed E-state index contributed by atoms with van der Waals surface area (Å²) in [6.45, 7) is 0.581. The Kier molecular flexibility index (Phi) is 5.89. The number of amides is 1. The Hall–Kier alpha value is -2.29. The Bertz CT molecular complexity index is 631. The number of rotatable bonds is 6. The highest BCUT2D eigenvalue weighted by molar-refractivity contribution is 5.76. The van der Waals surface area contributed by atoms with Gasteiger partial charge in [-0.05, 0) is 48.6 Å². The van der Waals surface area contributed by atoms with Crippen LogP contribution in [-0.4, -0.2) is 5.91 Å². The van der Waals surface area contributed by atoms with Gasteiger partial charge in [0.25, 0.3) is 0 Å². The molecule has 24 heavy (non-hydrogen) atoms. The molecule has 3 rings (SSSR count). The second-order valence-electron chi connectivity index (χ2n) is 6.54. The molecule has 2 aromatic rings. The number of benzene rings is 2. The lowest BCUT2D eigenvalue weighted by Crippen LogP contribution is -2.25. The van der Waals surface area contributed by atoms with E-state index in [4.69, 9.17) is 4.74 Å². The minimum absolute atomic E-state index is 0.173. The fraction of sp³-hybridized carbons (Fsp3) is 0.381. The molecule has 1 amide bonds. The number of hydrogen-bond donors (Lipinski definition) is 1. The quantitative estimate of drug-likeness (QED) is 0.806. The third-order valence-electron chi connectivity index (χ3n) is 4.59. The average molecular weight is 323 g/mol. The van der Waals surface area contributed by atoms with E-state index in [-0.39, 0.29) is 5.91 Å². The van der Waals surface area contributed by atoms with Gasteiger partial charge in [-0.25, -0.2) is 0 Å². The first kappa shape index (κ1) is 16.6. The minimum Gasteiger partial charge on any atom is -0.457 e. The maximum atomic E-state index is 12.1. The largest absolute Gasteiger partial charge is 0.457 e. The van der Waals surface area contributed by atoms with Gasteiger partial charge in [0.2, 0.25) is 5.91 Å². The van der Waals surface area contributed by atoms with Crippen molar-refractivity contribution in [2.45, 2.75) is 45.1 Å². The van der Waals surface area contributed by atoms with Crippen LogP contribution in [0.4, 0.5) is 0 Å². The summed E-state index contributed by atoms with van der Waals surface area (Å²) < 4.78 is 5.77. The Morgan fingerprint density at radius 1 is 0.917 bits per heavy atom. The number of carbonyl (C=O) groups is 1. The van der Waals surface area contributed by atoms with Gasteiger partial charge >= 0.3 is 0 Å². The van der Waals surface area contributed by atoms with Gasteiger partial charge in [0.15, 0.2) is 0 Å². The van der Waals surface area contributed by atoms with Crippen LogP contribution in [0.25, 0.3) is 0 Å². The summed E-state index contributed by atoms with van der Waals surface area (Å²) in [6, 6.07) is 17.6. The highest BCUT2D eigenvalue weighted by atomic mass is 16.5. The smallest absolute Gasteiger partial charge is 0.220 e. The molecule has 1 aliphatic carbocycles. The minimum atomic E-state index is 0.173. The van der Waals surface area contributed by atoms with Crippen molar-refractivity contribution in [3.8, 4) is 11.5 Å². The molecule has 0 bridgehead atoms. The van der Waals surface area contributed by atoms with Gasteiger partial charge in [-0.1, -0.05) is 49.6 Å². The summed E-state index contributed by atoms with van der Waals surface area (Å²) in [7, 11) is 0. The Morgan fingerprint density at radius 2 is 1.58 bits per heavy atom. The number of hydrogen-bond acceptors (Lipinski definition) is 2. The van der Waals surface area contributed by atoms with Gasteiger partial charge in [-0.2, -0.15) is 0 Å². The summed E-state index contributed by atoms with van der Waals surface area (Å²) >= 11 is 0. The van der Waals surface area contributed by atoms with Gasteiger partial charge in [-0.15, -0.1) is 0 Å². The molecule has 0 spiro atoms. The predicted molar refractivity (Wildman–Crippen MR) is 96.0 cm³/mol. The molecule has 1 fully saturated rings. The Morgan fingerprint density at radius 3 is 2.29 bits per heavy atom. The lowest BCUT2D eigenvalue weighted by Gasteiger charge is -2.20. The zero-order chi connectivity index (χ0) is 16.6. The Balaban J connectivity index is 1.44. The average Bonchev–Trinajstić information content (AvgIpc) is 2.63. The van der Waals surface area contributed by atoms with Crippen LogP contribution in [0.2, 0.25) is 0 Å². The van der Waals surface area contributed by atoms with Crippen molar-refractivity contribution in [1.29, 1.82) is 0 Å². The second-order valence-corrected chi connectivity index (χ2v) is 6.54. The standard InChI is InChI=1S/C21H25NO2/c23-21(15-17-7-3-1-4-8-17)22-16-18-11-13-20(14-12-18)24-19-9-5-2-6-10-19/h2,5-6,9-14,17H,1,3-4,7-8,15-16H2,(H,22,23). The van der Waals surface area contributed by atoms with E-state index in [2.05, 4.69) is 5.32 Å². The zero-order valence-electron chi connectivity index (χ0n) is 14.0. The number of carbonyl (C=O) groups excluding carboxylic acids is 1. The van der Waals surface area contributed by atoms with E-state index in [1.807, 2.05) is 54.6 Å². The van der Waals surface area contributed by atoms with Crippen molar-refractivity contribution >= 4 is 5.91 Å². The molecule has 1 N–H and O–H groups in total. The number of para-hydroxylation sites is 1. The van der Waals surface area contributed by atoms with E-state index >= 15 is 0 Å². The first-order valence-electron chi connectivity index (χ1n) is 8.88. The number of nitrogens with one attached hydrogen (secondary N) is 1. The van der Waals surface area contributed by atoms with E-state index in [1.54, 1.807) is 0 Å². The monoisotopic (exact) mass is 323 g/mol. The molecule has 3 heteroatoms. The van der Waals surface area contributed by atoms with Crippen LogP contribution in [0.3, 0.4) is 0 Å². The SMILES string of the molecule is O=C(CC1CCCCC1)NCc1ccc(Oc2ccccc2)cc1. The van der Waals surface area contributed by atoms with Crippen LogP contribution in [0.5, 0.6) is 11.5 Å². The molecule has 1 aliphatic rings. The summed E-state index contributed by atoms with van der Waals surface area (Å²) in [5, 5.41) is 3.04. The molecule has 1 saturated carbocycles. The van der Waals surface area contributed by atoms with Gasteiger partial charge in [0, 0.05) is 13.0 Å². The lowest BCUT2D eigenvalue weighted by atomic mass is 9.87. The van der Waals surface area contributed by atoms with Gasteiger partial charge in [0.1, 0.15) is 11.5 Å². The van der Waals surface area contributed by atoms with E-state index in [0.29, 0.717) is 18.9 Å². The van der Waals surface area contributed by atoms with Gasteiger partial charge in [-0.3, -0.25) is 4.79 Å². The molecule has 126 valence electrons. The normalized spacial score (nSPS) is 15.0. The molecule has 0 atom stereocenters. The van der Waals surface area contributed by atoms with Crippen molar-refractivity contribution in [2.24, 2.45) is 5.92 Å². The molecular weight excluding hydrogens is 298 g/mol. The van der Waals surface area contributed by atoms with Crippen molar-refractivity contribution in [1.82, 2.24) is 5.32 Å². The van der Waals surface area contributed by atoms with Crippen molar-refractivity contribution < 1.29 is 9.53 Å². The molecule has 2 aromatic carbocycles. The van der Waals surface area contributed by atoms with Crippen LogP contribution < -0.4 is 10.1 Å². The number of ether oxygens (including phenoxy) is 1. The fourth-order valence-corrected chi connectivity index (χ4v) is 3.23. The van der Waals surface area contributed by atoms with Crippen molar-refractivity contribution in [2.75, 3.05) is 0 Å². The Labute approximate surface area is 144 Å². The molecule has 0 aliphatic heterocycles. The van der Waals surface area contributed by atoms with Crippen molar-refractivity contribution in [3.63, 3.8) is 0 Å². The first-order valence-corrected chi connectivity index (χ1v) is 8.88. The predicted octanol–water partition coefficient (Wildman–Crippen LogP) is 5.07. The van der Waals surface area contributed by atoms with Crippen LogP contribution in [0.1, 0.15) is 44.1 Å². The molecule has 0 heterocycles. The molecular formula is C21H25NO2. The lowest BCUT2D eigenvalue weighted by molar-refractivity contribution is -0.122. The second kappa shape index (κ2) is 8.53. The third-order valence-corrected chi connectivity index (χ3v) is 4.59. The van der Waals surface area contributed by atoms with Gasteiger partial charge < -0.3 is 10.1 Å². The van der Waals surface area contributed by atoms with E-state index < -0.39 is 0 Å². The highest BCUT2D eigenvalue weighted by Gasteiger charge is 2.16. The molecule has 0 unspecified atom stereocenters. The third kappa shape index (κ3) is 5.12. The molecule has 0 aromatic heterocycles. The summed E-state index contributed by atoms with van der Waals surface area (Å²) in [5.41, 5.74) is 1.09. The van der Waals surface area contributed by atoms with E-state index in [0.717, 1.165) is 17.1 Å². The molecule has 3 nitrogen and oxygen atoms in total. The summed E-state index contributed by atoms with van der Waals surface area (Å²) in [5.74, 6) is 2.39. The summed E-state index contributed by atoms with van der Waals surface area (Å²) in [6.07, 6.45) is 6.98. The van der Waals surface area contributed by atoms with Gasteiger partial charge in [0.05, 0.1) is 0 Å². The molecule has 0 saturated heterocycles. The van der Waals surface area contributed by atoms with Crippen molar-refractivity contribution in [3.05, 3.63) is 60.2 Å². The van der Waals surface area contributed by atoms with Crippen LogP contribution in [-0.2, 0) is 11.3 Å². The summed E-state index contributed by atoms with van der Waals surface area (Å²) in [4.78, 5) is 12.1. The fourth-order valence-electron chi connectivity index (χ4n) is 3.23. The van der Waals surface area contributed by atoms with E-state index in [9.17, 15) is 4.79 Å². The zero-order valence-corrected chi connectivity index (χ0v) is 14.0. The molecule has 0 radical (unpaired) electrons. The van der Waals surface area contributed by atoms with Crippen LogP contribution in [0, 0.1) is 5.92 Å². The first-order chi connectivity index (χ1) is 11.8. The maximum absolute atomic E-state index is 12.1. The van der Waals surface area contributed by atoms with E-state index in [1.165, 1.54) is 32.1 Å². The van der Waals surface area contributed by atoms with Crippen LogP contribution >= 0.6 is 0 Å².